The number of benzene rings is 2. The third kappa shape index (κ3) is 5.69. The van der Waals surface area contributed by atoms with Crippen molar-refractivity contribution in [3.05, 3.63) is 75.8 Å². The molecule has 1 aromatic heterocycles. The molecule has 184 valence electrons. The van der Waals surface area contributed by atoms with E-state index in [2.05, 4.69) is 20.5 Å². The highest BCUT2D eigenvalue weighted by Crippen LogP contribution is 2.35. The highest BCUT2D eigenvalue weighted by molar-refractivity contribution is 6.02. The summed E-state index contributed by atoms with van der Waals surface area (Å²) in [5.41, 5.74) is 0.418. The molecule has 35 heavy (non-hydrogen) atoms. The molecule has 2 heterocycles. The van der Waals surface area contributed by atoms with Gasteiger partial charge in [0.2, 0.25) is 0 Å². The Kier molecular flexibility index (Phi) is 7.17. The van der Waals surface area contributed by atoms with Crippen LogP contribution in [-0.2, 0) is 6.18 Å². The van der Waals surface area contributed by atoms with Crippen LogP contribution >= 0.6 is 0 Å². The van der Waals surface area contributed by atoms with Gasteiger partial charge in [-0.05, 0) is 29.8 Å². The predicted molar refractivity (Wildman–Crippen MR) is 125 cm³/mol. The Morgan fingerprint density at radius 1 is 1.09 bits per heavy atom. The van der Waals surface area contributed by atoms with E-state index in [1.165, 1.54) is 36.4 Å². The number of nitro benzene ring substituents is 1. The van der Waals surface area contributed by atoms with Gasteiger partial charge < -0.3 is 15.6 Å². The number of alkyl halides is 3. The van der Waals surface area contributed by atoms with Gasteiger partial charge in [-0.15, -0.1) is 0 Å². The zero-order valence-electron chi connectivity index (χ0n) is 18.7. The largest absolute Gasteiger partial charge is 0.416 e. The first kappa shape index (κ1) is 24.4. The maximum absolute atomic E-state index is 13.1. The van der Waals surface area contributed by atoms with Crippen molar-refractivity contribution >= 4 is 11.6 Å². The molecule has 3 N–H and O–H groups in total. The molecule has 0 spiro atoms. The average Bonchev–Trinajstić information content (AvgIpc) is 3.30. The minimum Gasteiger partial charge on any atom is -0.354 e. The average molecular weight is 487 g/mol. The first-order chi connectivity index (χ1) is 16.7. The van der Waals surface area contributed by atoms with Crippen LogP contribution in [0.1, 0.15) is 15.9 Å². The molecule has 11 heteroatoms. The highest BCUT2D eigenvalue weighted by atomic mass is 19.4. The molecule has 0 aliphatic carbocycles. The van der Waals surface area contributed by atoms with Gasteiger partial charge in [-0.1, -0.05) is 24.3 Å². The summed E-state index contributed by atoms with van der Waals surface area (Å²) in [6, 6.07) is 12.0. The maximum Gasteiger partial charge on any atom is 0.416 e. The Morgan fingerprint density at radius 2 is 1.77 bits per heavy atom. The minimum absolute atomic E-state index is 0.175. The van der Waals surface area contributed by atoms with E-state index >= 15 is 0 Å². The summed E-state index contributed by atoms with van der Waals surface area (Å²) < 4.78 is 38.9. The summed E-state index contributed by atoms with van der Waals surface area (Å²) in [6.45, 7) is 4.55. The lowest BCUT2D eigenvalue weighted by Gasteiger charge is -2.27. The van der Waals surface area contributed by atoms with E-state index in [1.54, 1.807) is 6.07 Å². The number of nitrogens with zero attached hydrogens (tertiary/aromatic N) is 2. The van der Waals surface area contributed by atoms with Gasteiger partial charge in [0, 0.05) is 51.0 Å². The number of para-hydroxylation sites is 1. The Bertz CT molecular complexity index is 1200. The summed E-state index contributed by atoms with van der Waals surface area (Å²) >= 11 is 0. The van der Waals surface area contributed by atoms with E-state index in [9.17, 15) is 28.1 Å². The quantitative estimate of drug-likeness (QED) is 0.346. The molecule has 0 bridgehead atoms. The Morgan fingerprint density at radius 3 is 2.43 bits per heavy atom. The van der Waals surface area contributed by atoms with Crippen LogP contribution in [-0.4, -0.2) is 60.0 Å². The molecule has 1 aliphatic heterocycles. The van der Waals surface area contributed by atoms with Gasteiger partial charge >= 0.3 is 6.18 Å². The number of amides is 1. The van der Waals surface area contributed by atoms with Crippen LogP contribution in [0.15, 0.2) is 54.6 Å². The van der Waals surface area contributed by atoms with Crippen LogP contribution in [0.25, 0.3) is 22.5 Å². The van der Waals surface area contributed by atoms with Crippen LogP contribution < -0.4 is 10.6 Å². The molecule has 4 rings (SSSR count). The SMILES string of the molecule is O=C(NCCN1CCNCC1)c1cc(-c2ccc(C(F)(F)F)cc2)[nH]c1-c1ccccc1[N+](=O)[O-]. The van der Waals surface area contributed by atoms with Crippen LogP contribution in [0.2, 0.25) is 0 Å². The van der Waals surface area contributed by atoms with Crippen molar-refractivity contribution in [3.63, 3.8) is 0 Å². The van der Waals surface area contributed by atoms with Gasteiger partial charge in [0.15, 0.2) is 0 Å². The molecule has 1 fully saturated rings. The molecule has 2 aromatic carbocycles. The van der Waals surface area contributed by atoms with Crippen molar-refractivity contribution in [1.29, 1.82) is 0 Å². The van der Waals surface area contributed by atoms with Crippen LogP contribution in [0.4, 0.5) is 18.9 Å². The molecular weight excluding hydrogens is 463 g/mol. The van der Waals surface area contributed by atoms with Crippen molar-refractivity contribution in [3.8, 4) is 22.5 Å². The second kappa shape index (κ2) is 10.3. The fourth-order valence-corrected chi connectivity index (χ4v) is 4.04. The Balaban J connectivity index is 1.65. The fourth-order valence-electron chi connectivity index (χ4n) is 4.04. The summed E-state index contributed by atoms with van der Waals surface area (Å²) in [5, 5.41) is 17.7. The lowest BCUT2D eigenvalue weighted by atomic mass is 10.0. The molecule has 1 saturated heterocycles. The number of aromatic amines is 1. The maximum atomic E-state index is 13.1. The van der Waals surface area contributed by atoms with Crippen molar-refractivity contribution in [1.82, 2.24) is 20.5 Å². The van der Waals surface area contributed by atoms with E-state index in [0.717, 1.165) is 38.3 Å². The standard InChI is InChI=1S/C24H24F3N5O3/c25-24(26,27)17-7-5-16(6-8-17)20-15-19(23(33)29-11-14-31-12-9-28-10-13-31)22(30-20)18-3-1-2-4-21(18)32(34)35/h1-8,15,28,30H,9-14H2,(H,29,33). The van der Waals surface area contributed by atoms with Gasteiger partial charge in [-0.25, -0.2) is 0 Å². The number of H-pyrrole nitrogens is 1. The van der Waals surface area contributed by atoms with Crippen LogP contribution in [0, 0.1) is 10.1 Å². The smallest absolute Gasteiger partial charge is 0.354 e. The summed E-state index contributed by atoms with van der Waals surface area (Å²) in [6.07, 6.45) is -4.47. The topological polar surface area (TPSA) is 103 Å². The van der Waals surface area contributed by atoms with Gasteiger partial charge in [-0.3, -0.25) is 19.8 Å². The van der Waals surface area contributed by atoms with Crippen molar-refractivity contribution in [2.24, 2.45) is 0 Å². The van der Waals surface area contributed by atoms with E-state index < -0.39 is 22.6 Å². The number of carbonyl (C=O) groups excluding carboxylic acids is 1. The first-order valence-corrected chi connectivity index (χ1v) is 11.1. The number of nitro groups is 1. The molecule has 0 radical (unpaired) electrons. The molecule has 8 nitrogen and oxygen atoms in total. The summed E-state index contributed by atoms with van der Waals surface area (Å²) in [4.78, 5) is 29.4. The van der Waals surface area contributed by atoms with Gasteiger partial charge in [0.1, 0.15) is 0 Å². The zero-order chi connectivity index (χ0) is 25.0. The zero-order valence-corrected chi connectivity index (χ0v) is 18.7. The number of piperazine rings is 1. The number of carbonyl (C=O) groups is 1. The molecule has 0 atom stereocenters. The second-order valence-corrected chi connectivity index (χ2v) is 8.17. The number of aromatic nitrogens is 1. The second-order valence-electron chi connectivity index (χ2n) is 8.17. The van der Waals surface area contributed by atoms with Gasteiger partial charge in [0.05, 0.1) is 27.3 Å². The number of halogens is 3. The van der Waals surface area contributed by atoms with Crippen LogP contribution in [0.3, 0.4) is 0 Å². The molecule has 1 amide bonds. The molecule has 0 unspecified atom stereocenters. The molecule has 1 aliphatic rings. The minimum atomic E-state index is -4.47. The lowest BCUT2D eigenvalue weighted by Crippen LogP contribution is -2.46. The predicted octanol–water partition coefficient (Wildman–Crippen LogP) is 3.91. The first-order valence-electron chi connectivity index (χ1n) is 11.1. The molecule has 0 saturated carbocycles. The third-order valence-electron chi connectivity index (χ3n) is 5.88. The molecule has 3 aromatic rings. The third-order valence-corrected chi connectivity index (χ3v) is 5.88. The van der Waals surface area contributed by atoms with E-state index in [0.29, 0.717) is 24.3 Å². The van der Waals surface area contributed by atoms with E-state index in [4.69, 9.17) is 0 Å². The van der Waals surface area contributed by atoms with Crippen molar-refractivity contribution in [2.75, 3.05) is 39.3 Å². The van der Waals surface area contributed by atoms with Crippen molar-refractivity contribution in [2.45, 2.75) is 6.18 Å². The Hall–Kier alpha value is -3.70. The number of hydrogen-bond acceptors (Lipinski definition) is 5. The number of nitrogens with one attached hydrogen (secondary N) is 3. The van der Waals surface area contributed by atoms with E-state index in [-0.39, 0.29) is 22.5 Å². The van der Waals surface area contributed by atoms with E-state index in [1.807, 2.05) is 0 Å². The number of rotatable bonds is 7. The normalized spacial score (nSPS) is 14.6. The number of hydrogen-bond donors (Lipinski definition) is 3. The fraction of sp³-hybridized carbons (Fsp3) is 0.292. The van der Waals surface area contributed by atoms with Crippen LogP contribution in [0.5, 0.6) is 0 Å². The monoisotopic (exact) mass is 487 g/mol. The lowest BCUT2D eigenvalue weighted by molar-refractivity contribution is -0.384. The van der Waals surface area contributed by atoms with Gasteiger partial charge in [-0.2, -0.15) is 13.2 Å². The highest BCUT2D eigenvalue weighted by Gasteiger charge is 2.30. The Labute approximate surface area is 199 Å². The van der Waals surface area contributed by atoms with Crippen molar-refractivity contribution < 1.29 is 22.9 Å². The molecular formula is C24H24F3N5O3. The van der Waals surface area contributed by atoms with Gasteiger partial charge in [0.25, 0.3) is 11.6 Å². The summed E-state index contributed by atoms with van der Waals surface area (Å²) in [5.74, 6) is -0.428. The summed E-state index contributed by atoms with van der Waals surface area (Å²) in [7, 11) is 0.